The highest BCUT2D eigenvalue weighted by atomic mass is 19.1. The molecule has 127 heavy (non-hydrogen) atoms. The Hall–Kier alpha value is -11.0. The molecule has 6 aliphatic heterocycles. The summed E-state index contributed by atoms with van der Waals surface area (Å²) in [5, 5.41) is 65.0. The number of rotatable bonds is 19. The summed E-state index contributed by atoms with van der Waals surface area (Å²) < 4.78 is 71.2. The predicted octanol–water partition coefficient (Wildman–Crippen LogP) is 9.62. The number of aromatic nitrogens is 4. The number of nitrogens with one attached hydrogen (secondary N) is 2. The summed E-state index contributed by atoms with van der Waals surface area (Å²) in [6.45, 7) is 17.1. The number of phenols is 3. The Morgan fingerprint density at radius 2 is 1.45 bits per heavy atom. The molecular formula is C94H113FN10O22. The average molecular weight is 1750 g/mol. The SMILES string of the molecule is C.C.C=C1OCc2c(cc3n(c2=O)Cc2c-3nc3ccc(O)cc3c2CC)[C@]1(CC)OC(=O)N(C)CCNC.CC[C@@]1(O)C(=O)CCc2c1cc1n(c2=O)Cc2c-1nc1cc(F)c(C)c3c1c2[C@@H](N)CC3.CNCCN(C)C(=O)OCCCC(=O)[C@]1(O)Cc2c(O)c3c(c(O)c2[C@@H](O[C@H]2C[C@H]4C(O[C@@H]5[C@@H](OC)OCCN54)[C@H](C)O2)C1)C(=O)c1c(OC)cccc1C3=O. The molecule has 8 aromatic rings. The van der Waals surface area contributed by atoms with Crippen LogP contribution in [0.25, 0.3) is 44.6 Å². The molecule has 4 aromatic carbocycles. The van der Waals surface area contributed by atoms with Crippen LogP contribution in [-0.2, 0) is 104 Å². The van der Waals surface area contributed by atoms with Crippen LogP contribution >= 0.6 is 0 Å². The minimum absolute atomic E-state index is 0. The number of morpholine rings is 1. The van der Waals surface area contributed by atoms with Crippen LogP contribution in [0.2, 0.25) is 0 Å². The van der Waals surface area contributed by atoms with E-state index in [9.17, 15) is 68.3 Å². The highest BCUT2D eigenvalue weighted by molar-refractivity contribution is 6.31. The zero-order valence-corrected chi connectivity index (χ0v) is 71.8. The lowest BCUT2D eigenvalue weighted by molar-refractivity contribution is -0.256. The number of benzene rings is 4. The number of amides is 2. The van der Waals surface area contributed by atoms with Gasteiger partial charge in [0.2, 0.25) is 5.78 Å². The first-order valence-electron chi connectivity index (χ1n) is 42.6. The number of aliphatic hydroxyl groups is 2. The Morgan fingerprint density at radius 3 is 2.13 bits per heavy atom. The third-order valence-corrected chi connectivity index (χ3v) is 26.8. The van der Waals surface area contributed by atoms with Crippen LogP contribution in [0, 0.1) is 12.7 Å². The zero-order chi connectivity index (χ0) is 89.1. The largest absolute Gasteiger partial charge is 0.508 e. The molecule has 1 unspecified atom stereocenters. The van der Waals surface area contributed by atoms with E-state index in [1.54, 1.807) is 75.5 Å². The number of ketones is 4. The third kappa shape index (κ3) is 15.4. The number of aromatic hydroxyl groups is 3. The van der Waals surface area contributed by atoms with Gasteiger partial charge in [-0.2, -0.15) is 0 Å². The van der Waals surface area contributed by atoms with E-state index in [2.05, 4.69) is 29.0 Å². The maximum atomic E-state index is 14.7. The number of Topliss-reactive ketones (excluding diaryl/α,β-unsaturated/α-hetero) is 2. The van der Waals surface area contributed by atoms with Crippen LogP contribution in [0.15, 0.2) is 76.5 Å². The van der Waals surface area contributed by atoms with Crippen molar-refractivity contribution in [3.8, 4) is 45.8 Å². The van der Waals surface area contributed by atoms with E-state index in [0.29, 0.717) is 134 Å². The number of methoxy groups -OCH3 is 2. The normalized spacial score (nSPS) is 24.0. The van der Waals surface area contributed by atoms with Gasteiger partial charge in [-0.15, -0.1) is 0 Å². The summed E-state index contributed by atoms with van der Waals surface area (Å²) in [6.07, 6.45) is -2.82. The number of hydrogen-bond acceptors (Lipinski definition) is 28. The van der Waals surface area contributed by atoms with Crippen molar-refractivity contribution in [2.45, 2.75) is 212 Å². The molecule has 18 rings (SSSR count). The number of phenolic OH excluding ortho intramolecular Hbond substituents is 3. The van der Waals surface area contributed by atoms with Gasteiger partial charge in [0.1, 0.15) is 58.5 Å². The molecule has 10 heterocycles. The van der Waals surface area contributed by atoms with Gasteiger partial charge in [-0.3, -0.25) is 33.7 Å². The van der Waals surface area contributed by atoms with Crippen molar-refractivity contribution in [1.82, 2.24) is 44.4 Å². The van der Waals surface area contributed by atoms with E-state index >= 15 is 0 Å². The Kier molecular flexibility index (Phi) is 26.1. The van der Waals surface area contributed by atoms with Gasteiger partial charge in [0.15, 0.2) is 41.8 Å². The smallest absolute Gasteiger partial charge is 0.410 e. The van der Waals surface area contributed by atoms with E-state index in [-0.39, 0.29) is 141 Å². The third-order valence-electron chi connectivity index (χ3n) is 26.8. The lowest BCUT2D eigenvalue weighted by atomic mass is 9.71. The second-order valence-corrected chi connectivity index (χ2v) is 33.7. The van der Waals surface area contributed by atoms with Crippen molar-refractivity contribution in [2.24, 2.45) is 5.73 Å². The number of halogens is 1. The molecule has 0 bridgehead atoms. The Labute approximate surface area is 734 Å². The van der Waals surface area contributed by atoms with Crippen LogP contribution in [0.4, 0.5) is 14.0 Å². The van der Waals surface area contributed by atoms with Gasteiger partial charge in [-0.1, -0.05) is 54.3 Å². The number of likely N-dealkylation sites (N-methyl/N-ethyl adjacent to an activating group) is 4. The number of hydrogen-bond donors (Lipinski definition) is 8. The van der Waals surface area contributed by atoms with E-state index in [0.717, 1.165) is 56.2 Å². The summed E-state index contributed by atoms with van der Waals surface area (Å²) in [4.78, 5) is 122. The number of nitrogens with zero attached hydrogens (tertiary/aromatic N) is 7. The molecule has 9 N–H and O–H groups in total. The molecule has 0 radical (unpaired) electrons. The van der Waals surface area contributed by atoms with Crippen molar-refractivity contribution < 1.29 is 101 Å². The van der Waals surface area contributed by atoms with Gasteiger partial charge in [-0.25, -0.2) is 23.9 Å². The van der Waals surface area contributed by atoms with Gasteiger partial charge in [0.05, 0.1) is 102 Å². The molecule has 0 spiro atoms. The molecule has 32 nitrogen and oxygen atoms in total. The molecular weight excluding hydrogens is 1640 g/mol. The number of carbonyl (C=O) groups excluding carboxylic acids is 6. The summed E-state index contributed by atoms with van der Waals surface area (Å²) >= 11 is 0. The fourth-order valence-corrected chi connectivity index (χ4v) is 20.1. The maximum Gasteiger partial charge on any atom is 0.410 e. The van der Waals surface area contributed by atoms with E-state index in [1.807, 2.05) is 27.0 Å². The lowest BCUT2D eigenvalue weighted by Crippen LogP contribution is -2.55. The Balaban J connectivity index is 0.000000160. The first kappa shape index (κ1) is 92.2. The second kappa shape index (κ2) is 35.9. The predicted molar refractivity (Wildman–Crippen MR) is 466 cm³/mol. The fourth-order valence-electron chi connectivity index (χ4n) is 20.1. The lowest BCUT2D eigenvalue weighted by Gasteiger charge is -2.43. The molecule has 11 atom stereocenters. The fraction of sp³-hybridized carbons (Fsp3) is 0.489. The Bertz CT molecular complexity index is 5950. The molecule has 10 aliphatic rings. The van der Waals surface area contributed by atoms with Gasteiger partial charge in [-0.05, 0) is 132 Å². The second-order valence-electron chi connectivity index (χ2n) is 33.7. The molecule has 3 fully saturated rings. The summed E-state index contributed by atoms with van der Waals surface area (Å²) in [5.41, 5.74) is 11.1. The van der Waals surface area contributed by atoms with Gasteiger partial charge in [0, 0.05) is 159 Å². The van der Waals surface area contributed by atoms with Crippen molar-refractivity contribution in [1.29, 1.82) is 0 Å². The number of pyridine rings is 4. The number of carbonyl (C=O) groups is 6. The van der Waals surface area contributed by atoms with Gasteiger partial charge < -0.3 is 103 Å². The maximum absolute atomic E-state index is 14.7. The van der Waals surface area contributed by atoms with Crippen molar-refractivity contribution in [2.75, 3.05) is 88.3 Å². The van der Waals surface area contributed by atoms with Gasteiger partial charge in [0.25, 0.3) is 11.1 Å². The molecule has 3 saturated heterocycles. The number of ether oxygens (including phenoxy) is 9. The molecule has 4 aliphatic carbocycles. The monoisotopic (exact) mass is 1750 g/mol. The number of aryl methyl sites for hydroxylation is 2. The Morgan fingerprint density at radius 1 is 0.772 bits per heavy atom. The van der Waals surface area contributed by atoms with Crippen LogP contribution < -0.4 is 32.2 Å². The molecule has 33 heteroatoms. The molecule has 678 valence electrons. The van der Waals surface area contributed by atoms with Crippen LogP contribution in [0.1, 0.15) is 205 Å². The van der Waals surface area contributed by atoms with Crippen molar-refractivity contribution >= 4 is 57.1 Å². The molecule has 0 saturated carbocycles. The molecule has 2 amide bonds. The van der Waals surface area contributed by atoms with Gasteiger partial charge >= 0.3 is 12.2 Å². The minimum Gasteiger partial charge on any atom is -0.508 e. The van der Waals surface area contributed by atoms with Crippen molar-refractivity contribution in [3.05, 3.63) is 182 Å². The van der Waals surface area contributed by atoms with Crippen molar-refractivity contribution in [3.63, 3.8) is 0 Å². The quantitative estimate of drug-likeness (QED) is 0.0276. The molecule has 4 aromatic heterocycles. The van der Waals surface area contributed by atoms with E-state index < -0.39 is 106 Å². The first-order valence-corrected chi connectivity index (χ1v) is 42.6. The number of fused-ring (bicyclic) bond motifs is 16. The summed E-state index contributed by atoms with van der Waals surface area (Å²) in [5.74, 6) is -3.35. The summed E-state index contributed by atoms with van der Waals surface area (Å²) in [7, 11) is 9.73. The van der Waals surface area contributed by atoms with E-state index in [1.165, 1.54) is 41.2 Å². The topological polar surface area (TPSA) is 416 Å². The average Bonchev–Trinajstić information content (AvgIpc) is 1.43. The van der Waals surface area contributed by atoms with Crippen LogP contribution in [-0.4, -0.2) is 226 Å². The van der Waals surface area contributed by atoms with E-state index in [4.69, 9.17) is 58.3 Å². The van der Waals surface area contributed by atoms with Crippen LogP contribution in [0.5, 0.6) is 23.0 Å². The standard InChI is InChI=1S/C39H49N3O14.C28H32N4O5.C25H24FN3O3.2CH4/c1-19-35-22(42-13-15-52-37(51-5)36(42)56-35)16-26(54-19)55-24-18-39(49,25(43)10-7-14-53-38(48)41(3)12-11-40-2)17-21-28(24)34(47)30-29(32(21)45)31(44)20-8-6-9-23(50-4)27(20)33(30)46;1-6-18-19-12-17(33)8-9-23(19)30-25-20(18)14-32-24(25)13-22-21(26(32)34)15-36-16(3)28(22,7-2)37-27(35)31(5)11-10-29-4;1-3-25(32)15-8-19-23-14(10-29(19)24(31)13(15)5-7-20(25)30)21-17(27)6-4-12-11(2)16(26)9-18(28-23)22(12)21;;/h6,8-9,19,22,24,26,35-37,40,45,47,49H,7,10-18H2,1-5H3;8-9,12-13,29,33H,3,6-7,10-11,14-15H2,1-2,4-5H3;8-9,17,32H,3-7,10,27H2,1-2H3;2*1H4/t19-,22-,24-,26-,35?,36+,37-,39-;28-;17-,25-;;/m010../s1. The van der Waals surface area contributed by atoms with Crippen LogP contribution in [0.3, 0.4) is 0 Å². The summed E-state index contributed by atoms with van der Waals surface area (Å²) in [6, 6.07) is 14.3. The first-order chi connectivity index (χ1) is 59.8. The number of nitrogens with two attached hydrogens (primary N) is 1. The zero-order valence-electron chi connectivity index (χ0n) is 71.8. The highest BCUT2D eigenvalue weighted by Gasteiger charge is 2.57. The minimum atomic E-state index is -2.16. The highest BCUT2D eigenvalue weighted by Crippen LogP contribution is 2.55.